The fraction of sp³-hybridized carbons (Fsp3) is 0.467. The third kappa shape index (κ3) is 3.73. The maximum Gasteiger partial charge on any atom is 0.126 e. The Morgan fingerprint density at radius 1 is 1.25 bits per heavy atom. The standard InChI is InChI=1S/C15H21ClN4/c1-3-5-15-18-9-10-20(15)11-13-12(16)6-7-14(19-13)17-8-4-2/h6-7,9-10H,3-5,8,11H2,1-2H3,(H,17,19). The molecule has 0 fully saturated rings. The van der Waals surface area contributed by atoms with Crippen LogP contribution in [0, 0.1) is 0 Å². The van der Waals surface area contributed by atoms with Crippen molar-refractivity contribution in [2.75, 3.05) is 11.9 Å². The summed E-state index contributed by atoms with van der Waals surface area (Å²) in [5.74, 6) is 1.96. The Hall–Kier alpha value is -1.55. The number of hydrogen-bond donors (Lipinski definition) is 1. The molecule has 0 amide bonds. The lowest BCUT2D eigenvalue weighted by Crippen LogP contribution is -2.08. The largest absolute Gasteiger partial charge is 0.370 e. The van der Waals surface area contributed by atoms with Crippen LogP contribution in [0.4, 0.5) is 5.82 Å². The number of halogens is 1. The lowest BCUT2D eigenvalue weighted by atomic mass is 10.3. The molecule has 1 N–H and O–H groups in total. The second kappa shape index (κ2) is 7.29. The van der Waals surface area contributed by atoms with Crippen molar-refractivity contribution in [3.05, 3.63) is 41.1 Å². The highest BCUT2D eigenvalue weighted by Crippen LogP contribution is 2.18. The zero-order valence-electron chi connectivity index (χ0n) is 12.1. The van der Waals surface area contributed by atoms with Crippen LogP contribution >= 0.6 is 11.6 Å². The van der Waals surface area contributed by atoms with Gasteiger partial charge in [-0.15, -0.1) is 0 Å². The molecule has 0 unspecified atom stereocenters. The van der Waals surface area contributed by atoms with E-state index in [2.05, 4.69) is 33.7 Å². The number of aryl methyl sites for hydroxylation is 1. The second-order valence-electron chi connectivity index (χ2n) is 4.77. The Morgan fingerprint density at radius 3 is 2.85 bits per heavy atom. The van der Waals surface area contributed by atoms with Gasteiger partial charge in [0.1, 0.15) is 11.6 Å². The Balaban J connectivity index is 2.17. The van der Waals surface area contributed by atoms with Gasteiger partial charge in [0, 0.05) is 25.4 Å². The average Bonchev–Trinajstić information content (AvgIpc) is 2.87. The third-order valence-electron chi connectivity index (χ3n) is 3.07. The minimum Gasteiger partial charge on any atom is -0.370 e. The molecule has 0 spiro atoms. The first-order chi connectivity index (χ1) is 9.74. The monoisotopic (exact) mass is 292 g/mol. The molecule has 0 aliphatic rings. The van der Waals surface area contributed by atoms with Crippen LogP contribution < -0.4 is 5.32 Å². The summed E-state index contributed by atoms with van der Waals surface area (Å²) in [4.78, 5) is 8.97. The number of nitrogens with zero attached hydrogens (tertiary/aromatic N) is 3. The summed E-state index contributed by atoms with van der Waals surface area (Å²) < 4.78 is 2.11. The van der Waals surface area contributed by atoms with Crippen molar-refractivity contribution in [1.29, 1.82) is 0 Å². The highest BCUT2D eigenvalue weighted by atomic mass is 35.5. The first-order valence-corrected chi connectivity index (χ1v) is 7.51. The lowest BCUT2D eigenvalue weighted by molar-refractivity contribution is 0.694. The van der Waals surface area contributed by atoms with Crippen LogP contribution in [-0.4, -0.2) is 21.1 Å². The molecule has 0 aliphatic heterocycles. The number of imidazole rings is 1. The van der Waals surface area contributed by atoms with E-state index in [9.17, 15) is 0 Å². The smallest absolute Gasteiger partial charge is 0.126 e. The summed E-state index contributed by atoms with van der Waals surface area (Å²) in [5, 5.41) is 3.98. The van der Waals surface area contributed by atoms with Crippen molar-refractivity contribution in [2.24, 2.45) is 0 Å². The zero-order valence-corrected chi connectivity index (χ0v) is 12.8. The van der Waals surface area contributed by atoms with Crippen molar-refractivity contribution in [2.45, 2.75) is 39.7 Å². The fourth-order valence-corrected chi connectivity index (χ4v) is 2.21. The number of aromatic nitrogens is 3. The van der Waals surface area contributed by atoms with Crippen LogP contribution in [0.2, 0.25) is 5.02 Å². The number of anilines is 1. The van der Waals surface area contributed by atoms with Gasteiger partial charge in [-0.3, -0.25) is 0 Å². The number of nitrogens with one attached hydrogen (secondary N) is 1. The van der Waals surface area contributed by atoms with Gasteiger partial charge in [0.05, 0.1) is 17.3 Å². The first kappa shape index (κ1) is 14.9. The summed E-state index contributed by atoms with van der Waals surface area (Å²) in [5.41, 5.74) is 0.878. The van der Waals surface area contributed by atoms with E-state index < -0.39 is 0 Å². The van der Waals surface area contributed by atoms with Crippen molar-refractivity contribution in [1.82, 2.24) is 14.5 Å². The Kier molecular flexibility index (Phi) is 5.41. The van der Waals surface area contributed by atoms with Crippen LogP contribution in [0.3, 0.4) is 0 Å². The minimum atomic E-state index is 0.663. The molecule has 2 aromatic heterocycles. The molecule has 0 atom stereocenters. The topological polar surface area (TPSA) is 42.7 Å². The Morgan fingerprint density at radius 2 is 2.10 bits per heavy atom. The number of rotatable bonds is 7. The maximum atomic E-state index is 6.25. The normalized spacial score (nSPS) is 10.8. The number of hydrogen-bond acceptors (Lipinski definition) is 3. The van der Waals surface area contributed by atoms with E-state index in [1.165, 1.54) is 0 Å². The van der Waals surface area contributed by atoms with Crippen molar-refractivity contribution in [3.63, 3.8) is 0 Å². The molecule has 0 radical (unpaired) electrons. The average molecular weight is 293 g/mol. The molecule has 108 valence electrons. The molecule has 2 aromatic rings. The van der Waals surface area contributed by atoms with Crippen molar-refractivity contribution >= 4 is 17.4 Å². The second-order valence-corrected chi connectivity index (χ2v) is 5.18. The van der Waals surface area contributed by atoms with Gasteiger partial charge >= 0.3 is 0 Å². The highest BCUT2D eigenvalue weighted by Gasteiger charge is 2.08. The first-order valence-electron chi connectivity index (χ1n) is 7.13. The van der Waals surface area contributed by atoms with Crippen LogP contribution in [-0.2, 0) is 13.0 Å². The van der Waals surface area contributed by atoms with Gasteiger partial charge in [-0.2, -0.15) is 0 Å². The van der Waals surface area contributed by atoms with Gasteiger partial charge in [-0.25, -0.2) is 9.97 Å². The zero-order chi connectivity index (χ0) is 14.4. The molecule has 2 heterocycles. The fourth-order valence-electron chi connectivity index (χ4n) is 2.04. The quantitative estimate of drug-likeness (QED) is 0.845. The molecule has 4 nitrogen and oxygen atoms in total. The van der Waals surface area contributed by atoms with E-state index in [-0.39, 0.29) is 0 Å². The van der Waals surface area contributed by atoms with Crippen molar-refractivity contribution < 1.29 is 0 Å². The predicted molar refractivity (Wildman–Crippen MR) is 83.4 cm³/mol. The van der Waals surface area contributed by atoms with Gasteiger partial charge in [-0.1, -0.05) is 25.4 Å². The van der Waals surface area contributed by atoms with Crippen LogP contribution in [0.1, 0.15) is 38.2 Å². The van der Waals surface area contributed by atoms with Gasteiger partial charge in [0.25, 0.3) is 0 Å². The van der Waals surface area contributed by atoms with E-state index in [0.29, 0.717) is 11.6 Å². The summed E-state index contributed by atoms with van der Waals surface area (Å²) >= 11 is 6.25. The Labute approximate surface area is 125 Å². The lowest BCUT2D eigenvalue weighted by Gasteiger charge is -2.11. The molecule has 0 bridgehead atoms. The molecule has 20 heavy (non-hydrogen) atoms. The number of pyridine rings is 1. The molecule has 2 rings (SSSR count). The van der Waals surface area contributed by atoms with E-state index in [1.807, 2.05) is 24.5 Å². The molecule has 0 saturated heterocycles. The molecular weight excluding hydrogens is 272 g/mol. The molecule has 0 saturated carbocycles. The van der Waals surface area contributed by atoms with Gasteiger partial charge in [0.2, 0.25) is 0 Å². The third-order valence-corrected chi connectivity index (χ3v) is 3.41. The van der Waals surface area contributed by atoms with Gasteiger partial charge in [-0.05, 0) is 25.0 Å². The highest BCUT2D eigenvalue weighted by molar-refractivity contribution is 6.31. The van der Waals surface area contributed by atoms with Crippen LogP contribution in [0.5, 0.6) is 0 Å². The van der Waals surface area contributed by atoms with E-state index in [4.69, 9.17) is 11.6 Å². The maximum absolute atomic E-state index is 6.25. The minimum absolute atomic E-state index is 0.663. The summed E-state index contributed by atoms with van der Waals surface area (Å²) in [6.45, 7) is 5.86. The Bertz CT molecular complexity index is 551. The van der Waals surface area contributed by atoms with Gasteiger partial charge in [0.15, 0.2) is 0 Å². The van der Waals surface area contributed by atoms with E-state index >= 15 is 0 Å². The van der Waals surface area contributed by atoms with Gasteiger partial charge < -0.3 is 9.88 Å². The molecule has 5 heteroatoms. The summed E-state index contributed by atoms with van der Waals surface area (Å²) in [6, 6.07) is 3.82. The SMILES string of the molecule is CCCNc1ccc(Cl)c(Cn2ccnc2CCC)n1. The van der Waals surface area contributed by atoms with E-state index in [0.717, 1.165) is 43.1 Å². The van der Waals surface area contributed by atoms with Crippen LogP contribution in [0.25, 0.3) is 0 Å². The van der Waals surface area contributed by atoms with E-state index in [1.54, 1.807) is 0 Å². The summed E-state index contributed by atoms with van der Waals surface area (Å²) in [7, 11) is 0. The molecule has 0 aromatic carbocycles. The van der Waals surface area contributed by atoms with Crippen molar-refractivity contribution in [3.8, 4) is 0 Å². The van der Waals surface area contributed by atoms with Crippen LogP contribution in [0.15, 0.2) is 24.5 Å². The molecule has 0 aliphatic carbocycles. The molecular formula is C15H21ClN4. The summed E-state index contributed by atoms with van der Waals surface area (Å²) in [6.07, 6.45) is 6.93. The predicted octanol–water partition coefficient (Wildman–Crippen LogP) is 3.75.